The molecule has 8 heteroatoms. The number of benzene rings is 1. The fourth-order valence-electron chi connectivity index (χ4n) is 5.19. The second-order valence-electron chi connectivity index (χ2n) is 9.28. The van der Waals surface area contributed by atoms with E-state index in [1.807, 2.05) is 30.3 Å². The first-order valence-electron chi connectivity index (χ1n) is 11.6. The summed E-state index contributed by atoms with van der Waals surface area (Å²) in [6.07, 6.45) is 1.11. The van der Waals surface area contributed by atoms with Crippen molar-refractivity contribution in [1.82, 2.24) is 9.97 Å². The number of nitrogens with one attached hydrogen (secondary N) is 1. The number of ether oxygens (including phenoxy) is 3. The zero-order chi connectivity index (χ0) is 24.0. The molecule has 1 aromatic carbocycles. The third-order valence-corrected chi connectivity index (χ3v) is 7.00. The van der Waals surface area contributed by atoms with E-state index in [0.29, 0.717) is 29.3 Å². The Kier molecular flexibility index (Phi) is 5.56. The van der Waals surface area contributed by atoms with Crippen molar-refractivity contribution in [1.29, 1.82) is 0 Å². The van der Waals surface area contributed by atoms with Crippen LogP contribution in [0.1, 0.15) is 36.3 Å². The Hall–Kier alpha value is -3.39. The lowest BCUT2D eigenvalue weighted by Crippen LogP contribution is -2.27. The van der Waals surface area contributed by atoms with Gasteiger partial charge in [0.1, 0.15) is 11.4 Å². The van der Waals surface area contributed by atoms with Gasteiger partial charge in [-0.25, -0.2) is 9.78 Å². The van der Waals surface area contributed by atoms with Crippen LogP contribution in [0, 0.1) is 12.3 Å². The van der Waals surface area contributed by atoms with Crippen LogP contribution in [-0.4, -0.2) is 55.5 Å². The number of hydrogen-bond donors (Lipinski definition) is 1. The van der Waals surface area contributed by atoms with Crippen LogP contribution in [-0.2, 0) is 9.47 Å². The topological polar surface area (TPSA) is 93.8 Å². The van der Waals surface area contributed by atoms with E-state index < -0.39 is 11.4 Å². The molecule has 34 heavy (non-hydrogen) atoms. The van der Waals surface area contributed by atoms with Crippen LogP contribution in [0.4, 0.5) is 5.82 Å². The highest BCUT2D eigenvalue weighted by atomic mass is 16.5. The largest absolute Gasteiger partial charge is 0.491 e. The molecule has 0 amide bonds. The van der Waals surface area contributed by atoms with E-state index in [2.05, 4.69) is 16.8 Å². The molecule has 2 aromatic heterocycles. The summed E-state index contributed by atoms with van der Waals surface area (Å²) in [5.41, 5.74) is 1.89. The van der Waals surface area contributed by atoms with Crippen molar-refractivity contribution < 1.29 is 19.0 Å². The number of hydrogen-bond acceptors (Lipinski definition) is 7. The number of esters is 1. The van der Waals surface area contributed by atoms with Gasteiger partial charge in [-0.1, -0.05) is 25.1 Å². The van der Waals surface area contributed by atoms with Crippen molar-refractivity contribution in [2.45, 2.75) is 33.3 Å². The Morgan fingerprint density at radius 1 is 1.35 bits per heavy atom. The third kappa shape index (κ3) is 3.53. The summed E-state index contributed by atoms with van der Waals surface area (Å²) in [4.78, 5) is 36.8. The van der Waals surface area contributed by atoms with Gasteiger partial charge >= 0.3 is 5.97 Å². The Balaban J connectivity index is 1.76. The molecular weight excluding hydrogens is 434 g/mol. The van der Waals surface area contributed by atoms with E-state index in [-0.39, 0.29) is 29.4 Å². The van der Waals surface area contributed by atoms with Crippen molar-refractivity contribution in [3.8, 4) is 17.0 Å². The van der Waals surface area contributed by atoms with Gasteiger partial charge in [-0.3, -0.25) is 4.79 Å². The van der Waals surface area contributed by atoms with Crippen molar-refractivity contribution in [3.63, 3.8) is 0 Å². The number of methoxy groups -OCH3 is 1. The maximum absolute atomic E-state index is 13.3. The summed E-state index contributed by atoms with van der Waals surface area (Å²) in [6.45, 7) is 8.11. The summed E-state index contributed by atoms with van der Waals surface area (Å²) in [5, 5.41) is 0.909. The van der Waals surface area contributed by atoms with Gasteiger partial charge in [0.2, 0.25) is 5.43 Å². The Labute approximate surface area is 197 Å². The predicted molar refractivity (Wildman–Crippen MR) is 130 cm³/mol. The van der Waals surface area contributed by atoms with Crippen LogP contribution in [0.3, 0.4) is 0 Å². The normalized spacial score (nSPS) is 21.6. The number of para-hydroxylation sites is 1. The standard InChI is InChI=1S/C26H29N3O5/c1-5-33-25(31)20-21(27-15(2)23(32-4)22(20)30)17-12-16-8-6-7-9-18(16)28-24(17)29-13-19-26(3,14-29)10-11-34-19/h6-9,12,19H,5,10-11,13-14H2,1-4H3,(H,27,30)/t19-,26+/m1/s1. The molecule has 2 aliphatic heterocycles. The summed E-state index contributed by atoms with van der Waals surface area (Å²) >= 11 is 0. The average Bonchev–Trinajstić information content (AvgIpc) is 3.33. The molecule has 2 fully saturated rings. The Bertz CT molecular complexity index is 1330. The first kappa shape index (κ1) is 22.4. The number of fused-ring (bicyclic) bond motifs is 2. The predicted octanol–water partition coefficient (Wildman–Crippen LogP) is 3.70. The minimum atomic E-state index is -0.690. The van der Waals surface area contributed by atoms with Gasteiger partial charge < -0.3 is 24.1 Å². The van der Waals surface area contributed by atoms with Crippen LogP contribution in [0.5, 0.6) is 5.75 Å². The number of H-pyrrole nitrogens is 1. The number of anilines is 1. The number of nitrogens with zero attached hydrogens (tertiary/aromatic N) is 2. The van der Waals surface area contributed by atoms with Gasteiger partial charge in [0.25, 0.3) is 0 Å². The molecule has 0 spiro atoms. The minimum absolute atomic E-state index is 0.0395. The lowest BCUT2D eigenvalue weighted by molar-refractivity contribution is 0.0525. The molecular formula is C26H29N3O5. The molecule has 3 aromatic rings. The first-order chi connectivity index (χ1) is 16.4. The highest BCUT2D eigenvalue weighted by Crippen LogP contribution is 2.44. The lowest BCUT2D eigenvalue weighted by Gasteiger charge is -2.25. The van der Waals surface area contributed by atoms with Crippen molar-refractivity contribution in [2.75, 3.05) is 38.3 Å². The van der Waals surface area contributed by atoms with E-state index in [0.717, 1.165) is 30.5 Å². The van der Waals surface area contributed by atoms with Gasteiger partial charge in [-0.2, -0.15) is 0 Å². The number of aromatic nitrogens is 2. The monoisotopic (exact) mass is 463 g/mol. The Morgan fingerprint density at radius 3 is 2.88 bits per heavy atom. The smallest absolute Gasteiger partial charge is 0.344 e. The second kappa shape index (κ2) is 8.43. The van der Waals surface area contributed by atoms with E-state index in [4.69, 9.17) is 19.2 Å². The molecule has 0 saturated carbocycles. The lowest BCUT2D eigenvalue weighted by atomic mass is 9.86. The fraction of sp³-hybridized carbons (Fsp3) is 0.423. The van der Waals surface area contributed by atoms with Crippen LogP contribution in [0.15, 0.2) is 35.1 Å². The number of aromatic amines is 1. The number of rotatable bonds is 5. The van der Waals surface area contributed by atoms with Gasteiger partial charge in [-0.05, 0) is 32.4 Å². The summed E-state index contributed by atoms with van der Waals surface area (Å²) < 4.78 is 16.6. The molecule has 1 N–H and O–H groups in total. The van der Waals surface area contributed by atoms with Crippen LogP contribution >= 0.6 is 0 Å². The van der Waals surface area contributed by atoms with E-state index >= 15 is 0 Å². The quantitative estimate of drug-likeness (QED) is 0.577. The maximum Gasteiger partial charge on any atom is 0.344 e. The summed E-state index contributed by atoms with van der Waals surface area (Å²) in [5.74, 6) is 0.118. The SMILES string of the molecule is CCOC(=O)c1c(-c2cc3ccccc3nc2N2C[C@H]3OCC[C@@]3(C)C2)[nH]c(C)c(OC)c1=O. The summed E-state index contributed by atoms with van der Waals surface area (Å²) in [7, 11) is 1.42. The number of pyridine rings is 2. The second-order valence-corrected chi connectivity index (χ2v) is 9.28. The van der Waals surface area contributed by atoms with Gasteiger partial charge in [-0.15, -0.1) is 0 Å². The zero-order valence-corrected chi connectivity index (χ0v) is 19.9. The van der Waals surface area contributed by atoms with Crippen molar-refractivity contribution in [2.24, 2.45) is 5.41 Å². The van der Waals surface area contributed by atoms with E-state index in [9.17, 15) is 9.59 Å². The molecule has 0 unspecified atom stereocenters. The maximum atomic E-state index is 13.3. The molecule has 0 bridgehead atoms. The van der Waals surface area contributed by atoms with Crippen molar-refractivity contribution >= 4 is 22.7 Å². The van der Waals surface area contributed by atoms with Crippen LogP contribution in [0.2, 0.25) is 0 Å². The van der Waals surface area contributed by atoms with Gasteiger partial charge in [0.15, 0.2) is 5.75 Å². The molecule has 8 nitrogen and oxygen atoms in total. The molecule has 4 heterocycles. The number of carbonyl (C=O) groups is 1. The Morgan fingerprint density at radius 2 is 2.15 bits per heavy atom. The molecule has 178 valence electrons. The molecule has 2 aliphatic rings. The van der Waals surface area contributed by atoms with Crippen LogP contribution in [0.25, 0.3) is 22.2 Å². The third-order valence-electron chi connectivity index (χ3n) is 7.00. The summed E-state index contributed by atoms with van der Waals surface area (Å²) in [6, 6.07) is 9.81. The molecule has 0 radical (unpaired) electrons. The highest BCUT2D eigenvalue weighted by molar-refractivity contribution is 6.00. The number of aryl methyl sites for hydroxylation is 1. The van der Waals surface area contributed by atoms with Gasteiger partial charge in [0, 0.05) is 36.1 Å². The molecule has 2 atom stereocenters. The van der Waals surface area contributed by atoms with E-state index in [1.54, 1.807) is 13.8 Å². The minimum Gasteiger partial charge on any atom is -0.491 e. The molecule has 0 aliphatic carbocycles. The highest BCUT2D eigenvalue weighted by Gasteiger charge is 2.48. The fourth-order valence-corrected chi connectivity index (χ4v) is 5.19. The van der Waals surface area contributed by atoms with E-state index in [1.165, 1.54) is 7.11 Å². The van der Waals surface area contributed by atoms with Crippen molar-refractivity contribution in [3.05, 3.63) is 51.8 Å². The van der Waals surface area contributed by atoms with Crippen LogP contribution < -0.4 is 15.1 Å². The number of carbonyl (C=O) groups excluding carboxylic acids is 1. The first-order valence-corrected chi connectivity index (χ1v) is 11.6. The zero-order valence-electron chi connectivity index (χ0n) is 19.9. The van der Waals surface area contributed by atoms with Gasteiger partial charge in [0.05, 0.1) is 36.7 Å². The average molecular weight is 464 g/mol. The molecule has 5 rings (SSSR count). The molecule has 2 saturated heterocycles.